The fourth-order valence-corrected chi connectivity index (χ4v) is 2.12. The van der Waals surface area contributed by atoms with Gasteiger partial charge in [-0.2, -0.15) is 0 Å². The van der Waals surface area contributed by atoms with Crippen LogP contribution in [0.3, 0.4) is 0 Å². The van der Waals surface area contributed by atoms with Crippen LogP contribution in [0.15, 0.2) is 22.8 Å². The molecule has 0 amide bonds. The van der Waals surface area contributed by atoms with Crippen LogP contribution in [0.1, 0.15) is 37.3 Å². The molecule has 1 fully saturated rings. The third kappa shape index (κ3) is 2.03. The predicted octanol–water partition coefficient (Wildman–Crippen LogP) is 3.07. The molecule has 0 unspecified atom stereocenters. The number of hydrogen-bond donors (Lipinski definition) is 0. The van der Waals surface area contributed by atoms with Gasteiger partial charge in [0.25, 0.3) is 0 Å². The summed E-state index contributed by atoms with van der Waals surface area (Å²) in [4.78, 5) is 15.9. The van der Waals surface area contributed by atoms with Crippen molar-refractivity contribution in [1.29, 1.82) is 0 Å². The maximum absolute atomic E-state index is 11.6. The smallest absolute Gasteiger partial charge is 0.141 e. The number of hydrogen-bond acceptors (Lipinski definition) is 2. The lowest BCUT2D eigenvalue weighted by Gasteiger charge is -2.19. The molecule has 0 spiro atoms. The Labute approximate surface area is 91.9 Å². The molecule has 1 aromatic heterocycles. The minimum atomic E-state index is 0.0526. The van der Waals surface area contributed by atoms with Crippen LogP contribution in [-0.4, -0.2) is 10.8 Å². The minimum absolute atomic E-state index is 0.0526. The first-order chi connectivity index (χ1) is 6.77. The predicted molar refractivity (Wildman–Crippen MR) is 58.2 cm³/mol. The summed E-state index contributed by atoms with van der Waals surface area (Å²) in [6, 6.07) is 3.89. The van der Waals surface area contributed by atoms with Crippen LogP contribution in [0.25, 0.3) is 0 Å². The second kappa shape index (κ2) is 4.22. The summed E-state index contributed by atoms with van der Waals surface area (Å²) in [6.45, 7) is 0. The zero-order chi connectivity index (χ0) is 9.97. The molecule has 14 heavy (non-hydrogen) atoms. The van der Waals surface area contributed by atoms with Gasteiger partial charge in [0.15, 0.2) is 0 Å². The lowest BCUT2D eigenvalue weighted by Crippen LogP contribution is -2.17. The van der Waals surface area contributed by atoms with Gasteiger partial charge in [-0.3, -0.25) is 9.78 Å². The van der Waals surface area contributed by atoms with Crippen molar-refractivity contribution >= 4 is 21.7 Å². The highest BCUT2D eigenvalue weighted by Crippen LogP contribution is 2.28. The highest BCUT2D eigenvalue weighted by atomic mass is 79.9. The van der Waals surface area contributed by atoms with Crippen molar-refractivity contribution in [3.63, 3.8) is 0 Å². The summed E-state index contributed by atoms with van der Waals surface area (Å²) >= 11 is 3.34. The van der Waals surface area contributed by atoms with Gasteiger partial charge in [-0.05, 0) is 40.9 Å². The molecular weight excluding hydrogens is 242 g/mol. The van der Waals surface area contributed by atoms with Gasteiger partial charge < -0.3 is 0 Å². The highest BCUT2D eigenvalue weighted by molar-refractivity contribution is 9.10. The number of Topliss-reactive ketones (excluding diaryl/α,β-unsaturated/α-hetero) is 1. The van der Waals surface area contributed by atoms with Crippen LogP contribution in [0, 0.1) is 0 Å². The minimum Gasteiger partial charge on any atom is -0.299 e. The van der Waals surface area contributed by atoms with Gasteiger partial charge >= 0.3 is 0 Å². The molecule has 1 atom stereocenters. The molecule has 1 aliphatic rings. The van der Waals surface area contributed by atoms with Crippen LogP contribution in [0.4, 0.5) is 0 Å². The summed E-state index contributed by atoms with van der Waals surface area (Å²) in [5.41, 5.74) is 0.929. The van der Waals surface area contributed by atoms with Crippen LogP contribution in [-0.2, 0) is 4.79 Å². The highest BCUT2D eigenvalue weighted by Gasteiger charge is 2.24. The molecule has 74 valence electrons. The first-order valence-electron chi connectivity index (χ1n) is 4.91. The Bertz CT molecular complexity index is 334. The fourth-order valence-electron chi connectivity index (χ4n) is 1.89. The molecule has 1 heterocycles. The summed E-state index contributed by atoms with van der Waals surface area (Å²) in [6.07, 6.45) is 5.65. The average molecular weight is 254 g/mol. The number of ketones is 1. The van der Waals surface area contributed by atoms with E-state index in [2.05, 4.69) is 20.9 Å². The van der Waals surface area contributed by atoms with E-state index >= 15 is 0 Å². The number of halogens is 1. The molecule has 1 aromatic rings. The zero-order valence-electron chi connectivity index (χ0n) is 7.87. The molecule has 0 saturated heterocycles. The van der Waals surface area contributed by atoms with Gasteiger partial charge in [0, 0.05) is 17.1 Å². The Kier molecular flexibility index (Phi) is 2.96. The van der Waals surface area contributed by atoms with Crippen molar-refractivity contribution in [1.82, 2.24) is 4.98 Å². The van der Waals surface area contributed by atoms with Crippen molar-refractivity contribution in [2.45, 2.75) is 31.6 Å². The van der Waals surface area contributed by atoms with Gasteiger partial charge in [0.05, 0.1) is 11.6 Å². The molecule has 0 aromatic carbocycles. The topological polar surface area (TPSA) is 30.0 Å². The van der Waals surface area contributed by atoms with Crippen molar-refractivity contribution in [3.8, 4) is 0 Å². The van der Waals surface area contributed by atoms with Gasteiger partial charge in [-0.15, -0.1) is 0 Å². The zero-order valence-corrected chi connectivity index (χ0v) is 9.46. The standard InChI is InChI=1S/C11H12BrNO/c12-8-5-6-10(13-7-8)9-3-1-2-4-11(9)14/h5-7,9H,1-4H2/t9-/m1/s1. The molecule has 0 radical (unpaired) electrons. The van der Waals surface area contributed by atoms with Gasteiger partial charge in [-0.1, -0.05) is 6.42 Å². The van der Waals surface area contributed by atoms with E-state index in [1.165, 1.54) is 0 Å². The molecule has 0 N–H and O–H groups in total. The Balaban J connectivity index is 2.20. The average Bonchev–Trinajstić information content (AvgIpc) is 2.20. The first kappa shape index (κ1) is 9.84. The molecule has 3 heteroatoms. The van der Waals surface area contributed by atoms with Crippen LogP contribution in [0.5, 0.6) is 0 Å². The molecule has 1 saturated carbocycles. The van der Waals surface area contributed by atoms with E-state index in [1.807, 2.05) is 12.1 Å². The fraction of sp³-hybridized carbons (Fsp3) is 0.455. The van der Waals surface area contributed by atoms with Crippen molar-refractivity contribution < 1.29 is 4.79 Å². The number of carbonyl (C=O) groups excluding carboxylic acids is 1. The number of carbonyl (C=O) groups is 1. The van der Waals surface area contributed by atoms with Gasteiger partial charge in [0.1, 0.15) is 5.78 Å². The molecular formula is C11H12BrNO. The second-order valence-electron chi connectivity index (χ2n) is 3.67. The molecule has 1 aliphatic carbocycles. The van der Waals surface area contributed by atoms with Crippen LogP contribution in [0.2, 0.25) is 0 Å². The Hall–Kier alpha value is -0.700. The molecule has 0 aliphatic heterocycles. The van der Waals surface area contributed by atoms with E-state index in [1.54, 1.807) is 6.20 Å². The van der Waals surface area contributed by atoms with E-state index in [9.17, 15) is 4.79 Å². The lowest BCUT2D eigenvalue weighted by molar-refractivity contribution is -0.121. The second-order valence-corrected chi connectivity index (χ2v) is 4.58. The van der Waals surface area contributed by atoms with Crippen molar-refractivity contribution in [2.24, 2.45) is 0 Å². The Morgan fingerprint density at radius 3 is 2.86 bits per heavy atom. The number of nitrogens with zero attached hydrogens (tertiary/aromatic N) is 1. The number of rotatable bonds is 1. The van der Waals surface area contributed by atoms with Crippen LogP contribution < -0.4 is 0 Å². The first-order valence-corrected chi connectivity index (χ1v) is 5.71. The molecule has 2 nitrogen and oxygen atoms in total. The number of aromatic nitrogens is 1. The van der Waals surface area contributed by atoms with E-state index in [0.29, 0.717) is 5.78 Å². The quantitative estimate of drug-likeness (QED) is 0.770. The maximum Gasteiger partial charge on any atom is 0.141 e. The van der Waals surface area contributed by atoms with E-state index in [0.717, 1.165) is 35.8 Å². The Morgan fingerprint density at radius 1 is 1.36 bits per heavy atom. The van der Waals surface area contributed by atoms with E-state index in [4.69, 9.17) is 0 Å². The third-order valence-electron chi connectivity index (χ3n) is 2.66. The number of pyridine rings is 1. The largest absolute Gasteiger partial charge is 0.299 e. The van der Waals surface area contributed by atoms with Crippen molar-refractivity contribution in [3.05, 3.63) is 28.5 Å². The third-order valence-corrected chi connectivity index (χ3v) is 3.13. The molecule has 2 rings (SSSR count). The SMILES string of the molecule is O=C1CCCC[C@@H]1c1ccc(Br)cn1. The Morgan fingerprint density at radius 2 is 2.21 bits per heavy atom. The van der Waals surface area contributed by atoms with E-state index in [-0.39, 0.29) is 5.92 Å². The van der Waals surface area contributed by atoms with Gasteiger partial charge in [0.2, 0.25) is 0 Å². The molecule has 0 bridgehead atoms. The summed E-state index contributed by atoms with van der Waals surface area (Å²) in [5, 5.41) is 0. The van der Waals surface area contributed by atoms with Crippen LogP contribution >= 0.6 is 15.9 Å². The monoisotopic (exact) mass is 253 g/mol. The normalized spacial score (nSPS) is 22.4. The van der Waals surface area contributed by atoms with Crippen molar-refractivity contribution in [2.75, 3.05) is 0 Å². The summed E-state index contributed by atoms with van der Waals surface area (Å²) < 4.78 is 0.963. The van der Waals surface area contributed by atoms with E-state index < -0.39 is 0 Å². The summed E-state index contributed by atoms with van der Waals surface area (Å²) in [7, 11) is 0. The van der Waals surface area contributed by atoms with Gasteiger partial charge in [-0.25, -0.2) is 0 Å². The lowest BCUT2D eigenvalue weighted by atomic mass is 9.85. The maximum atomic E-state index is 11.6. The summed E-state index contributed by atoms with van der Waals surface area (Å²) in [5.74, 6) is 0.405.